The van der Waals surface area contributed by atoms with Crippen LogP contribution in [0.5, 0.6) is 0 Å². The maximum absolute atomic E-state index is 13.1. The lowest BCUT2D eigenvalue weighted by Gasteiger charge is -2.27. The fourth-order valence-electron chi connectivity index (χ4n) is 4.82. The lowest BCUT2D eigenvalue weighted by atomic mass is 10.0. The number of amides is 3. The zero-order valence-electron chi connectivity index (χ0n) is 21.2. The predicted molar refractivity (Wildman–Crippen MR) is 147 cm³/mol. The molecule has 0 aromatic heterocycles. The first kappa shape index (κ1) is 26.4. The normalized spacial score (nSPS) is 14.4. The number of fused-ring (bicyclic) bond motifs is 2. The van der Waals surface area contributed by atoms with Crippen molar-refractivity contribution in [1.82, 2.24) is 10.6 Å². The highest BCUT2D eigenvalue weighted by Gasteiger charge is 2.24. The van der Waals surface area contributed by atoms with Gasteiger partial charge in [0.1, 0.15) is 6.04 Å². The van der Waals surface area contributed by atoms with Crippen molar-refractivity contribution in [3.8, 4) is 0 Å². The number of anilines is 1. The van der Waals surface area contributed by atoms with E-state index >= 15 is 0 Å². The monoisotopic (exact) mass is 500 g/mol. The van der Waals surface area contributed by atoms with Crippen molar-refractivity contribution < 1.29 is 14.4 Å². The molecule has 0 radical (unpaired) electrons. The number of rotatable bonds is 10. The van der Waals surface area contributed by atoms with Crippen molar-refractivity contribution in [1.29, 1.82) is 0 Å². The minimum Gasteiger partial charge on any atom is -0.354 e. The van der Waals surface area contributed by atoms with Crippen LogP contribution in [0.3, 0.4) is 0 Å². The van der Waals surface area contributed by atoms with Crippen molar-refractivity contribution in [2.24, 2.45) is 5.73 Å². The second-order valence-electron chi connectivity index (χ2n) is 9.57. The molecule has 0 unspecified atom stereocenters. The van der Waals surface area contributed by atoms with Gasteiger partial charge in [0.05, 0.1) is 0 Å². The molecule has 7 nitrogen and oxygen atoms in total. The summed E-state index contributed by atoms with van der Waals surface area (Å²) in [5.74, 6) is -0.457. The summed E-state index contributed by atoms with van der Waals surface area (Å²) in [5.41, 5.74) is 8.55. The van der Waals surface area contributed by atoms with Crippen molar-refractivity contribution in [2.45, 2.75) is 51.0 Å². The number of nitrogens with two attached hydrogens (primary N) is 1. The van der Waals surface area contributed by atoms with Crippen molar-refractivity contribution >= 4 is 34.2 Å². The van der Waals surface area contributed by atoms with Gasteiger partial charge in [-0.1, -0.05) is 60.7 Å². The number of hydrogen-bond donors (Lipinski definition) is 3. The highest BCUT2D eigenvalue weighted by molar-refractivity contribution is 5.95. The van der Waals surface area contributed by atoms with E-state index in [1.54, 1.807) is 4.90 Å². The Balaban J connectivity index is 1.45. The van der Waals surface area contributed by atoms with Crippen LogP contribution >= 0.6 is 0 Å². The molecule has 1 atom stereocenters. The molecule has 194 valence electrons. The molecule has 3 aromatic rings. The summed E-state index contributed by atoms with van der Waals surface area (Å²) in [5, 5.41) is 8.02. The third kappa shape index (κ3) is 7.17. The van der Waals surface area contributed by atoms with Crippen LogP contribution in [-0.2, 0) is 27.2 Å². The van der Waals surface area contributed by atoms with Gasteiger partial charge in [0.15, 0.2) is 0 Å². The summed E-state index contributed by atoms with van der Waals surface area (Å²) in [6, 6.07) is 21.3. The Labute approximate surface area is 218 Å². The molecule has 1 aliphatic rings. The van der Waals surface area contributed by atoms with Crippen LogP contribution < -0.4 is 21.3 Å². The molecule has 0 bridgehead atoms. The van der Waals surface area contributed by atoms with E-state index in [0.717, 1.165) is 46.8 Å². The van der Waals surface area contributed by atoms with Gasteiger partial charge >= 0.3 is 0 Å². The number of para-hydroxylation sites is 1. The minimum absolute atomic E-state index is 0.0344. The van der Waals surface area contributed by atoms with Crippen molar-refractivity contribution in [3.05, 3.63) is 77.9 Å². The number of aryl methyl sites for hydroxylation is 1. The first-order chi connectivity index (χ1) is 18.0. The molecule has 0 saturated carbocycles. The largest absolute Gasteiger partial charge is 0.354 e. The lowest BCUT2D eigenvalue weighted by Crippen LogP contribution is -2.49. The third-order valence-corrected chi connectivity index (χ3v) is 6.82. The smallest absolute Gasteiger partial charge is 0.242 e. The fourth-order valence-corrected chi connectivity index (χ4v) is 4.82. The Bertz CT molecular complexity index is 1240. The first-order valence-corrected chi connectivity index (χ1v) is 13.2. The maximum Gasteiger partial charge on any atom is 0.242 e. The van der Waals surface area contributed by atoms with Crippen LogP contribution in [0.1, 0.15) is 43.2 Å². The van der Waals surface area contributed by atoms with Gasteiger partial charge in [0.25, 0.3) is 0 Å². The van der Waals surface area contributed by atoms with Crippen LogP contribution in [0.15, 0.2) is 66.7 Å². The maximum atomic E-state index is 13.1. The first-order valence-electron chi connectivity index (χ1n) is 13.2. The van der Waals surface area contributed by atoms with E-state index in [2.05, 4.69) is 16.7 Å². The Morgan fingerprint density at radius 2 is 1.70 bits per heavy atom. The summed E-state index contributed by atoms with van der Waals surface area (Å²) in [6.45, 7) is 1.21. The van der Waals surface area contributed by atoms with E-state index in [1.807, 2.05) is 60.7 Å². The van der Waals surface area contributed by atoms with Crippen molar-refractivity contribution in [3.63, 3.8) is 0 Å². The van der Waals surface area contributed by atoms with Gasteiger partial charge in [-0.25, -0.2) is 0 Å². The summed E-state index contributed by atoms with van der Waals surface area (Å²) in [4.78, 5) is 40.7. The standard InChI is InChI=1S/C30H36N4O3/c31-17-7-18-32-30(37)26(21-22-14-15-23-8-1-2-11-25(23)20-22)33-28(35)16-19-34-27-12-5-3-9-24(27)10-4-6-13-29(34)36/h1-3,5,8-9,11-12,14-15,20,26H,4,6-7,10,13,16-19,21,31H2,(H,32,37)(H,33,35)/t26-/m1/s1. The van der Waals surface area contributed by atoms with Crippen molar-refractivity contribution in [2.75, 3.05) is 24.5 Å². The lowest BCUT2D eigenvalue weighted by molar-refractivity contribution is -0.129. The molecule has 0 aliphatic carbocycles. The van der Waals surface area contributed by atoms with E-state index in [0.29, 0.717) is 32.4 Å². The summed E-state index contributed by atoms with van der Waals surface area (Å²) in [6.07, 6.45) is 4.37. The van der Waals surface area contributed by atoms with Gasteiger partial charge in [-0.05, 0) is 60.2 Å². The highest BCUT2D eigenvalue weighted by atomic mass is 16.2. The Hall–Kier alpha value is -3.71. The average molecular weight is 501 g/mol. The Morgan fingerprint density at radius 1 is 0.946 bits per heavy atom. The zero-order valence-corrected chi connectivity index (χ0v) is 21.2. The van der Waals surface area contributed by atoms with Crippen LogP contribution in [0.2, 0.25) is 0 Å². The van der Waals surface area contributed by atoms with E-state index in [4.69, 9.17) is 5.73 Å². The van der Waals surface area contributed by atoms with Crippen LogP contribution in [0.25, 0.3) is 10.8 Å². The molecule has 1 heterocycles. The summed E-state index contributed by atoms with van der Waals surface area (Å²) >= 11 is 0. The molecular formula is C30H36N4O3. The molecule has 37 heavy (non-hydrogen) atoms. The summed E-state index contributed by atoms with van der Waals surface area (Å²) < 4.78 is 0. The van der Waals surface area contributed by atoms with Crippen LogP contribution in [-0.4, -0.2) is 43.4 Å². The quantitative estimate of drug-likeness (QED) is 0.371. The van der Waals surface area contributed by atoms with Gasteiger partial charge in [-0.3, -0.25) is 14.4 Å². The molecule has 4 rings (SSSR count). The third-order valence-electron chi connectivity index (χ3n) is 6.82. The number of nitrogens with one attached hydrogen (secondary N) is 2. The number of carbonyl (C=O) groups excluding carboxylic acids is 3. The van der Waals surface area contributed by atoms with Crippen LogP contribution in [0.4, 0.5) is 5.69 Å². The Morgan fingerprint density at radius 3 is 2.54 bits per heavy atom. The number of carbonyl (C=O) groups is 3. The molecule has 3 amide bonds. The number of hydrogen-bond acceptors (Lipinski definition) is 4. The van der Waals surface area contributed by atoms with E-state index in [-0.39, 0.29) is 30.7 Å². The van der Waals surface area contributed by atoms with Gasteiger partial charge in [0.2, 0.25) is 17.7 Å². The van der Waals surface area contributed by atoms with Gasteiger partial charge in [-0.15, -0.1) is 0 Å². The molecule has 7 heteroatoms. The summed E-state index contributed by atoms with van der Waals surface area (Å²) in [7, 11) is 0. The second kappa shape index (κ2) is 13.0. The molecular weight excluding hydrogens is 464 g/mol. The predicted octanol–water partition coefficient (Wildman–Crippen LogP) is 3.48. The number of nitrogens with zero attached hydrogens (tertiary/aromatic N) is 1. The molecule has 0 fully saturated rings. The SMILES string of the molecule is NCCCNC(=O)[C@@H](Cc1ccc2ccccc2c1)NC(=O)CCN1C(=O)CCCCc2ccccc21. The average Bonchev–Trinajstić information content (AvgIpc) is 2.90. The topological polar surface area (TPSA) is 105 Å². The van der Waals surface area contributed by atoms with Crippen LogP contribution in [0, 0.1) is 0 Å². The molecule has 3 aromatic carbocycles. The number of benzene rings is 3. The van der Waals surface area contributed by atoms with Gasteiger partial charge in [0, 0.05) is 38.0 Å². The fraction of sp³-hybridized carbons (Fsp3) is 0.367. The zero-order chi connectivity index (χ0) is 26.0. The van der Waals surface area contributed by atoms with E-state index in [9.17, 15) is 14.4 Å². The van der Waals surface area contributed by atoms with E-state index in [1.165, 1.54) is 0 Å². The van der Waals surface area contributed by atoms with Gasteiger partial charge in [-0.2, -0.15) is 0 Å². The molecule has 1 aliphatic heterocycles. The minimum atomic E-state index is -0.721. The van der Waals surface area contributed by atoms with Gasteiger partial charge < -0.3 is 21.3 Å². The molecule has 0 saturated heterocycles. The molecule has 4 N–H and O–H groups in total. The van der Waals surface area contributed by atoms with E-state index < -0.39 is 6.04 Å². The Kier molecular flexibility index (Phi) is 9.27. The molecule has 0 spiro atoms. The second-order valence-corrected chi connectivity index (χ2v) is 9.57. The highest BCUT2D eigenvalue weighted by Crippen LogP contribution is 2.26.